The predicted octanol–water partition coefficient (Wildman–Crippen LogP) is 1.30. The second kappa shape index (κ2) is 3.82. The van der Waals surface area contributed by atoms with Crippen LogP contribution in [0.4, 0.5) is 0 Å². The summed E-state index contributed by atoms with van der Waals surface area (Å²) in [6, 6.07) is 4.81. The predicted molar refractivity (Wildman–Crippen MR) is 63.2 cm³/mol. The van der Waals surface area contributed by atoms with Gasteiger partial charge < -0.3 is 5.32 Å². The standard InChI is InChI=1S/C12H11ClN2O2/c13-7-1-2-9-10(5-7)12(17)15(11(9)16)8-3-4-14-6-8/h1-2,5,8,14H,3-4,6H2/t8-/m1/s1. The second-order valence-electron chi connectivity index (χ2n) is 4.32. The highest BCUT2D eigenvalue weighted by atomic mass is 35.5. The molecule has 17 heavy (non-hydrogen) atoms. The second-order valence-corrected chi connectivity index (χ2v) is 4.75. The molecule has 1 fully saturated rings. The zero-order valence-corrected chi connectivity index (χ0v) is 9.83. The molecule has 1 N–H and O–H groups in total. The minimum atomic E-state index is -0.221. The van der Waals surface area contributed by atoms with E-state index in [0.717, 1.165) is 13.0 Å². The van der Waals surface area contributed by atoms with Crippen molar-refractivity contribution >= 4 is 23.4 Å². The first kappa shape index (κ1) is 10.7. The number of rotatable bonds is 1. The molecule has 0 bridgehead atoms. The Morgan fingerprint density at radius 2 is 2.00 bits per heavy atom. The number of amides is 2. The summed E-state index contributed by atoms with van der Waals surface area (Å²) < 4.78 is 0. The molecule has 2 amide bonds. The maximum atomic E-state index is 12.2. The van der Waals surface area contributed by atoms with Crippen LogP contribution in [-0.4, -0.2) is 35.8 Å². The molecular formula is C12H11ClN2O2. The molecule has 0 unspecified atom stereocenters. The molecule has 0 spiro atoms. The molecule has 0 radical (unpaired) electrons. The van der Waals surface area contributed by atoms with Crippen molar-refractivity contribution in [2.45, 2.75) is 12.5 Å². The summed E-state index contributed by atoms with van der Waals surface area (Å²) >= 11 is 5.85. The maximum Gasteiger partial charge on any atom is 0.261 e. The van der Waals surface area contributed by atoms with Crippen LogP contribution in [0.5, 0.6) is 0 Å². The van der Waals surface area contributed by atoms with Crippen molar-refractivity contribution in [2.24, 2.45) is 0 Å². The molecule has 2 heterocycles. The summed E-state index contributed by atoms with van der Waals surface area (Å²) in [5, 5.41) is 3.64. The first-order valence-corrected chi connectivity index (χ1v) is 5.94. The van der Waals surface area contributed by atoms with E-state index in [1.165, 1.54) is 4.90 Å². The zero-order chi connectivity index (χ0) is 12.0. The first-order chi connectivity index (χ1) is 8.18. The van der Waals surface area contributed by atoms with Crippen molar-refractivity contribution < 1.29 is 9.59 Å². The fraction of sp³-hybridized carbons (Fsp3) is 0.333. The smallest absolute Gasteiger partial charge is 0.261 e. The lowest BCUT2D eigenvalue weighted by atomic mass is 10.1. The molecule has 1 aromatic rings. The molecular weight excluding hydrogens is 240 g/mol. The highest BCUT2D eigenvalue weighted by Gasteiger charge is 2.40. The van der Waals surface area contributed by atoms with Crippen molar-refractivity contribution in [2.75, 3.05) is 13.1 Å². The quantitative estimate of drug-likeness (QED) is 0.765. The number of nitrogens with zero attached hydrogens (tertiary/aromatic N) is 1. The molecule has 2 aliphatic heterocycles. The summed E-state index contributed by atoms with van der Waals surface area (Å²) in [6.45, 7) is 1.53. The summed E-state index contributed by atoms with van der Waals surface area (Å²) in [5.74, 6) is -0.420. The largest absolute Gasteiger partial charge is 0.315 e. The van der Waals surface area contributed by atoms with Crippen LogP contribution >= 0.6 is 11.6 Å². The van der Waals surface area contributed by atoms with Gasteiger partial charge in [-0.25, -0.2) is 0 Å². The van der Waals surface area contributed by atoms with Gasteiger partial charge in [0.1, 0.15) is 0 Å². The summed E-state index contributed by atoms with van der Waals surface area (Å²) in [4.78, 5) is 25.7. The van der Waals surface area contributed by atoms with Crippen molar-refractivity contribution in [3.05, 3.63) is 34.3 Å². The minimum Gasteiger partial charge on any atom is -0.315 e. The van der Waals surface area contributed by atoms with Gasteiger partial charge in [0.2, 0.25) is 0 Å². The van der Waals surface area contributed by atoms with Crippen LogP contribution in [0.2, 0.25) is 5.02 Å². The average molecular weight is 251 g/mol. The molecule has 2 aliphatic rings. The van der Waals surface area contributed by atoms with Gasteiger partial charge in [-0.3, -0.25) is 14.5 Å². The number of carbonyl (C=O) groups excluding carboxylic acids is 2. The summed E-state index contributed by atoms with van der Waals surface area (Å²) in [5.41, 5.74) is 0.890. The molecule has 0 aliphatic carbocycles. The summed E-state index contributed by atoms with van der Waals surface area (Å²) in [7, 11) is 0. The molecule has 0 saturated carbocycles. The van der Waals surface area contributed by atoms with Gasteiger partial charge in [0.05, 0.1) is 17.2 Å². The Morgan fingerprint density at radius 1 is 1.24 bits per heavy atom. The van der Waals surface area contributed by atoms with Crippen molar-refractivity contribution in [3.8, 4) is 0 Å². The molecule has 0 aromatic heterocycles. The van der Waals surface area contributed by atoms with Crippen LogP contribution in [0.3, 0.4) is 0 Å². The molecule has 5 heteroatoms. The summed E-state index contributed by atoms with van der Waals surface area (Å²) in [6.07, 6.45) is 0.819. The number of hydrogen-bond donors (Lipinski definition) is 1. The normalized spacial score (nSPS) is 23.4. The number of fused-ring (bicyclic) bond motifs is 1. The fourth-order valence-corrected chi connectivity index (χ4v) is 2.60. The Balaban J connectivity index is 2.02. The highest BCUT2D eigenvalue weighted by molar-refractivity contribution is 6.32. The van der Waals surface area contributed by atoms with Crippen LogP contribution < -0.4 is 5.32 Å². The van der Waals surface area contributed by atoms with E-state index in [1.54, 1.807) is 18.2 Å². The first-order valence-electron chi connectivity index (χ1n) is 5.56. The lowest BCUT2D eigenvalue weighted by molar-refractivity contribution is 0.0597. The van der Waals surface area contributed by atoms with Crippen LogP contribution in [0.1, 0.15) is 27.1 Å². The number of nitrogens with one attached hydrogen (secondary N) is 1. The molecule has 88 valence electrons. The molecule has 1 aromatic carbocycles. The van der Waals surface area contributed by atoms with Crippen molar-refractivity contribution in [1.29, 1.82) is 0 Å². The number of hydrogen-bond acceptors (Lipinski definition) is 3. The van der Waals surface area contributed by atoms with E-state index in [9.17, 15) is 9.59 Å². The van der Waals surface area contributed by atoms with Gasteiger partial charge in [-0.1, -0.05) is 11.6 Å². The van der Waals surface area contributed by atoms with E-state index in [1.807, 2.05) is 0 Å². The van der Waals surface area contributed by atoms with E-state index < -0.39 is 0 Å². The van der Waals surface area contributed by atoms with E-state index >= 15 is 0 Å². The van der Waals surface area contributed by atoms with Gasteiger partial charge in [-0.2, -0.15) is 0 Å². The molecule has 3 rings (SSSR count). The molecule has 1 atom stereocenters. The number of benzene rings is 1. The van der Waals surface area contributed by atoms with Gasteiger partial charge in [-0.05, 0) is 31.2 Å². The lowest BCUT2D eigenvalue weighted by Crippen LogP contribution is -2.41. The van der Waals surface area contributed by atoms with Crippen LogP contribution in [0, 0.1) is 0 Å². The highest BCUT2D eigenvalue weighted by Crippen LogP contribution is 2.28. The molecule has 4 nitrogen and oxygen atoms in total. The van der Waals surface area contributed by atoms with E-state index in [4.69, 9.17) is 11.6 Å². The van der Waals surface area contributed by atoms with Crippen molar-refractivity contribution in [1.82, 2.24) is 10.2 Å². The fourth-order valence-electron chi connectivity index (χ4n) is 2.42. The third kappa shape index (κ3) is 1.56. The van der Waals surface area contributed by atoms with Crippen LogP contribution in [0.25, 0.3) is 0 Å². The number of carbonyl (C=O) groups is 2. The lowest BCUT2D eigenvalue weighted by Gasteiger charge is -2.20. The monoisotopic (exact) mass is 250 g/mol. The van der Waals surface area contributed by atoms with Gasteiger partial charge in [0.25, 0.3) is 11.8 Å². The van der Waals surface area contributed by atoms with Gasteiger partial charge >= 0.3 is 0 Å². The van der Waals surface area contributed by atoms with E-state index in [2.05, 4.69) is 5.32 Å². The van der Waals surface area contributed by atoms with E-state index in [-0.39, 0.29) is 17.9 Å². The van der Waals surface area contributed by atoms with Gasteiger partial charge in [0.15, 0.2) is 0 Å². The third-order valence-electron chi connectivity index (χ3n) is 3.28. The Kier molecular flexibility index (Phi) is 2.42. The zero-order valence-electron chi connectivity index (χ0n) is 9.07. The Bertz CT molecular complexity index is 509. The third-order valence-corrected chi connectivity index (χ3v) is 3.51. The Hall–Kier alpha value is -1.39. The minimum absolute atomic E-state index is 0.0267. The molecule has 1 saturated heterocycles. The average Bonchev–Trinajstić information content (AvgIpc) is 2.88. The van der Waals surface area contributed by atoms with Crippen molar-refractivity contribution in [3.63, 3.8) is 0 Å². The number of halogens is 1. The maximum absolute atomic E-state index is 12.2. The SMILES string of the molecule is O=C1c2ccc(Cl)cc2C(=O)N1[C@@H]1CCNC1. The van der Waals surface area contributed by atoms with Gasteiger partial charge in [-0.15, -0.1) is 0 Å². The Labute approximate surface area is 104 Å². The topological polar surface area (TPSA) is 49.4 Å². The Morgan fingerprint density at radius 3 is 2.71 bits per heavy atom. The van der Waals surface area contributed by atoms with Gasteiger partial charge in [0, 0.05) is 11.6 Å². The number of imide groups is 1. The van der Waals surface area contributed by atoms with Crippen LogP contribution in [0.15, 0.2) is 18.2 Å². The van der Waals surface area contributed by atoms with Crippen LogP contribution in [-0.2, 0) is 0 Å². The van der Waals surface area contributed by atoms with E-state index in [0.29, 0.717) is 22.7 Å².